The van der Waals surface area contributed by atoms with Crippen molar-refractivity contribution < 1.29 is 18.7 Å². The first-order chi connectivity index (χ1) is 16.3. The minimum Gasteiger partial charge on any atom is -0.497 e. The summed E-state index contributed by atoms with van der Waals surface area (Å²) in [6, 6.07) is 16.8. The Morgan fingerprint density at radius 2 is 1.74 bits per heavy atom. The molecule has 3 aromatic carbocycles. The number of methoxy groups -OCH3 is 1. The van der Waals surface area contributed by atoms with Gasteiger partial charge >= 0.3 is 0 Å². The van der Waals surface area contributed by atoms with Crippen LogP contribution in [0.2, 0.25) is 0 Å². The average Bonchev–Trinajstić information content (AvgIpc) is 2.86. The summed E-state index contributed by atoms with van der Waals surface area (Å²) < 4.78 is 19.4. The number of anilines is 1. The fraction of sp³-hybridized carbons (Fsp3) is 0.120. The first-order valence-corrected chi connectivity index (χ1v) is 10.3. The summed E-state index contributed by atoms with van der Waals surface area (Å²) in [5.74, 6) is -0.870. The van der Waals surface area contributed by atoms with Crippen LogP contribution in [0, 0.1) is 5.82 Å². The second-order valence-electron chi connectivity index (χ2n) is 7.66. The van der Waals surface area contributed by atoms with Gasteiger partial charge in [-0.2, -0.15) is 0 Å². The van der Waals surface area contributed by atoms with E-state index < -0.39 is 23.2 Å². The number of amides is 1. The number of para-hydroxylation sites is 1. The SMILES string of the molecule is COc1ccc(C(=O)C(N)(c2cccc(F)c2)N(C)c2ncnc3c(C(N)=O)cccc23)cc1. The largest absolute Gasteiger partial charge is 0.497 e. The fourth-order valence-corrected chi connectivity index (χ4v) is 3.87. The van der Waals surface area contributed by atoms with Gasteiger partial charge in [0.05, 0.1) is 18.2 Å². The Labute approximate surface area is 195 Å². The molecule has 34 heavy (non-hydrogen) atoms. The minimum atomic E-state index is -1.86. The highest BCUT2D eigenvalue weighted by atomic mass is 19.1. The van der Waals surface area contributed by atoms with Crippen LogP contribution < -0.4 is 21.1 Å². The van der Waals surface area contributed by atoms with Crippen molar-refractivity contribution in [3.8, 4) is 5.75 Å². The molecule has 9 heteroatoms. The van der Waals surface area contributed by atoms with E-state index >= 15 is 0 Å². The van der Waals surface area contributed by atoms with Gasteiger partial charge in [0.25, 0.3) is 5.91 Å². The molecular weight excluding hydrogens is 437 g/mol. The molecule has 1 atom stereocenters. The number of rotatable bonds is 7. The highest BCUT2D eigenvalue weighted by Crippen LogP contribution is 2.34. The van der Waals surface area contributed by atoms with Crippen molar-refractivity contribution in [1.29, 1.82) is 0 Å². The Balaban J connectivity index is 1.93. The molecule has 1 heterocycles. The topological polar surface area (TPSA) is 124 Å². The lowest BCUT2D eigenvalue weighted by molar-refractivity contribution is 0.0885. The summed E-state index contributed by atoms with van der Waals surface area (Å²) in [6.07, 6.45) is 1.25. The number of likely N-dealkylation sites (N-methyl/N-ethyl adjacent to an activating group) is 1. The molecule has 4 aromatic rings. The summed E-state index contributed by atoms with van der Waals surface area (Å²) in [6.45, 7) is 0. The van der Waals surface area contributed by atoms with Crippen molar-refractivity contribution in [2.75, 3.05) is 19.1 Å². The van der Waals surface area contributed by atoms with Gasteiger partial charge in [0.2, 0.25) is 5.78 Å². The molecule has 1 unspecified atom stereocenters. The quantitative estimate of drug-likeness (QED) is 0.321. The first kappa shape index (κ1) is 22.8. The summed E-state index contributed by atoms with van der Waals surface area (Å²) in [5, 5.41) is 0.454. The van der Waals surface area contributed by atoms with Crippen molar-refractivity contribution in [1.82, 2.24) is 9.97 Å². The number of Topliss-reactive ketones (excluding diaryl/α,β-unsaturated/α-hetero) is 1. The lowest BCUT2D eigenvalue weighted by Gasteiger charge is -2.39. The number of primary amides is 1. The zero-order chi connectivity index (χ0) is 24.5. The molecule has 0 aliphatic rings. The van der Waals surface area contributed by atoms with Crippen molar-refractivity contribution in [2.45, 2.75) is 5.66 Å². The number of ether oxygens (including phenoxy) is 1. The number of carbonyl (C=O) groups excluding carboxylic acids is 2. The van der Waals surface area contributed by atoms with Crippen LogP contribution >= 0.6 is 0 Å². The molecule has 0 spiro atoms. The Kier molecular flexibility index (Phi) is 5.95. The molecular formula is C25H22FN5O3. The third kappa shape index (κ3) is 3.82. The van der Waals surface area contributed by atoms with Gasteiger partial charge < -0.3 is 15.4 Å². The monoisotopic (exact) mass is 459 g/mol. The van der Waals surface area contributed by atoms with E-state index in [-0.39, 0.29) is 22.5 Å². The summed E-state index contributed by atoms with van der Waals surface area (Å²) in [5.41, 5.74) is 11.5. The maximum atomic E-state index is 14.2. The average molecular weight is 459 g/mol. The normalized spacial score (nSPS) is 12.7. The van der Waals surface area contributed by atoms with E-state index in [1.807, 2.05) is 0 Å². The maximum Gasteiger partial charge on any atom is 0.250 e. The lowest BCUT2D eigenvalue weighted by atomic mass is 9.89. The summed E-state index contributed by atoms with van der Waals surface area (Å²) in [4.78, 5) is 35.8. The van der Waals surface area contributed by atoms with Gasteiger partial charge in [0.15, 0.2) is 5.66 Å². The van der Waals surface area contributed by atoms with E-state index in [9.17, 15) is 14.0 Å². The minimum absolute atomic E-state index is 0.199. The van der Waals surface area contributed by atoms with Crippen molar-refractivity contribution in [3.63, 3.8) is 0 Å². The van der Waals surface area contributed by atoms with Gasteiger partial charge in [-0.3, -0.25) is 15.3 Å². The molecule has 4 N–H and O–H groups in total. The van der Waals surface area contributed by atoms with Gasteiger partial charge in [0.1, 0.15) is 23.7 Å². The van der Waals surface area contributed by atoms with E-state index in [1.54, 1.807) is 55.6 Å². The van der Waals surface area contributed by atoms with Crippen LogP contribution in [-0.4, -0.2) is 35.8 Å². The molecule has 0 radical (unpaired) electrons. The van der Waals surface area contributed by atoms with Crippen LogP contribution in [0.5, 0.6) is 5.75 Å². The summed E-state index contributed by atoms with van der Waals surface area (Å²) in [7, 11) is 3.09. The molecule has 0 fully saturated rings. The number of benzene rings is 3. The van der Waals surface area contributed by atoms with E-state index in [1.165, 1.54) is 36.5 Å². The van der Waals surface area contributed by atoms with E-state index in [0.29, 0.717) is 16.7 Å². The number of hydrogen-bond donors (Lipinski definition) is 2. The number of halogens is 1. The van der Waals surface area contributed by atoms with Gasteiger partial charge in [-0.15, -0.1) is 0 Å². The molecule has 0 bridgehead atoms. The molecule has 0 aliphatic carbocycles. The highest BCUT2D eigenvalue weighted by molar-refractivity contribution is 6.09. The van der Waals surface area contributed by atoms with E-state index in [4.69, 9.17) is 16.2 Å². The molecule has 0 aliphatic heterocycles. The molecule has 1 amide bonds. The second kappa shape index (κ2) is 8.87. The Morgan fingerprint density at radius 3 is 2.38 bits per heavy atom. The Bertz CT molecular complexity index is 1390. The van der Waals surface area contributed by atoms with Gasteiger partial charge in [-0.05, 0) is 48.5 Å². The van der Waals surface area contributed by atoms with Crippen LogP contribution in [0.15, 0.2) is 73.1 Å². The smallest absolute Gasteiger partial charge is 0.250 e. The molecule has 4 rings (SSSR count). The Hall–Kier alpha value is -4.37. The third-order valence-corrected chi connectivity index (χ3v) is 5.72. The number of hydrogen-bond acceptors (Lipinski definition) is 7. The fourth-order valence-electron chi connectivity index (χ4n) is 3.87. The molecule has 8 nitrogen and oxygen atoms in total. The molecule has 0 saturated carbocycles. The number of ketones is 1. The number of fused-ring (bicyclic) bond motifs is 1. The first-order valence-electron chi connectivity index (χ1n) is 10.3. The number of nitrogens with zero attached hydrogens (tertiary/aromatic N) is 3. The van der Waals surface area contributed by atoms with Crippen LogP contribution in [0.1, 0.15) is 26.3 Å². The van der Waals surface area contributed by atoms with E-state index in [2.05, 4.69) is 9.97 Å². The molecule has 172 valence electrons. The van der Waals surface area contributed by atoms with Gasteiger partial charge in [0, 0.05) is 23.6 Å². The highest BCUT2D eigenvalue weighted by Gasteiger charge is 2.42. The van der Waals surface area contributed by atoms with Gasteiger partial charge in [-0.25, -0.2) is 14.4 Å². The van der Waals surface area contributed by atoms with Crippen LogP contribution in [-0.2, 0) is 5.66 Å². The summed E-state index contributed by atoms with van der Waals surface area (Å²) >= 11 is 0. The van der Waals surface area contributed by atoms with Gasteiger partial charge in [-0.1, -0.05) is 18.2 Å². The maximum absolute atomic E-state index is 14.2. The third-order valence-electron chi connectivity index (χ3n) is 5.72. The van der Waals surface area contributed by atoms with Crippen molar-refractivity contribution in [3.05, 3.63) is 95.6 Å². The molecule has 1 aromatic heterocycles. The predicted molar refractivity (Wildman–Crippen MR) is 126 cm³/mol. The van der Waals surface area contributed by atoms with Crippen LogP contribution in [0.3, 0.4) is 0 Å². The van der Waals surface area contributed by atoms with Crippen molar-refractivity contribution >= 4 is 28.4 Å². The van der Waals surface area contributed by atoms with Crippen LogP contribution in [0.4, 0.5) is 10.2 Å². The number of nitrogens with two attached hydrogens (primary N) is 2. The van der Waals surface area contributed by atoms with Crippen LogP contribution in [0.25, 0.3) is 10.9 Å². The molecule has 0 saturated heterocycles. The number of aromatic nitrogens is 2. The zero-order valence-corrected chi connectivity index (χ0v) is 18.5. The van der Waals surface area contributed by atoms with E-state index in [0.717, 1.165) is 0 Å². The van der Waals surface area contributed by atoms with Crippen molar-refractivity contribution in [2.24, 2.45) is 11.5 Å². The predicted octanol–water partition coefficient (Wildman–Crippen LogP) is 3.01. The second-order valence-corrected chi connectivity index (χ2v) is 7.66. The zero-order valence-electron chi connectivity index (χ0n) is 18.5. The Morgan fingerprint density at radius 1 is 1.03 bits per heavy atom. The number of carbonyl (C=O) groups is 2. The standard InChI is InChI=1S/C25H22FN5O3/c1-31(24-20-8-4-7-19(23(27)33)21(20)29-14-30-24)25(28,16-5-3-6-17(26)13-16)22(32)15-9-11-18(34-2)12-10-15/h3-14H,28H2,1-2H3,(H2,27,33). The lowest BCUT2D eigenvalue weighted by Crippen LogP contribution is -2.58.